The summed E-state index contributed by atoms with van der Waals surface area (Å²) >= 11 is 0. The van der Waals surface area contributed by atoms with Crippen LogP contribution in [0.25, 0.3) is 0 Å². The molecule has 0 radical (unpaired) electrons. The number of aromatic nitrogens is 3. The van der Waals surface area contributed by atoms with Crippen LogP contribution in [0, 0.1) is 5.92 Å². The van der Waals surface area contributed by atoms with Gasteiger partial charge in [-0.2, -0.15) is 15.0 Å². The Morgan fingerprint density at radius 2 is 1.76 bits per heavy atom. The molecule has 2 N–H and O–H groups in total. The van der Waals surface area contributed by atoms with Crippen LogP contribution in [0.2, 0.25) is 0 Å². The van der Waals surface area contributed by atoms with E-state index in [1.807, 2.05) is 23.9 Å². The third-order valence-corrected chi connectivity index (χ3v) is 5.31. The lowest BCUT2D eigenvalue weighted by molar-refractivity contribution is -0.137. The Hall–Kier alpha value is -1.96. The Balaban J connectivity index is 1.61. The Morgan fingerprint density at radius 1 is 1.12 bits per heavy atom. The van der Waals surface area contributed by atoms with Gasteiger partial charge in [-0.1, -0.05) is 12.8 Å². The number of hydrogen-bond donors (Lipinski definition) is 1. The molecule has 1 unspecified atom stereocenters. The first-order valence-corrected chi connectivity index (χ1v) is 9.17. The lowest BCUT2D eigenvalue weighted by Gasteiger charge is -2.38. The highest BCUT2D eigenvalue weighted by molar-refractivity contribution is 5.79. The van der Waals surface area contributed by atoms with E-state index >= 15 is 0 Å². The summed E-state index contributed by atoms with van der Waals surface area (Å²) in [4.78, 5) is 31.7. The molecule has 8 heteroatoms. The molecule has 8 nitrogen and oxygen atoms in total. The van der Waals surface area contributed by atoms with Crippen LogP contribution in [0.3, 0.4) is 0 Å². The number of nitrogen functional groups attached to an aromatic ring is 1. The first-order valence-electron chi connectivity index (χ1n) is 9.17. The van der Waals surface area contributed by atoms with E-state index in [0.717, 1.165) is 39.0 Å². The van der Waals surface area contributed by atoms with Crippen LogP contribution in [0.15, 0.2) is 0 Å². The molecule has 1 saturated heterocycles. The van der Waals surface area contributed by atoms with Crippen molar-refractivity contribution in [2.45, 2.75) is 38.6 Å². The number of anilines is 2. The maximum absolute atomic E-state index is 12.6. The maximum atomic E-state index is 12.6. The zero-order valence-corrected chi connectivity index (χ0v) is 15.5. The van der Waals surface area contributed by atoms with Crippen molar-refractivity contribution in [3.05, 3.63) is 5.82 Å². The van der Waals surface area contributed by atoms with E-state index in [2.05, 4.69) is 26.8 Å². The number of carbonyl (C=O) groups excluding carboxylic acids is 1. The van der Waals surface area contributed by atoms with E-state index in [0.29, 0.717) is 17.7 Å². The van der Waals surface area contributed by atoms with Gasteiger partial charge in [0.05, 0.1) is 6.04 Å². The number of carbonyl (C=O) groups is 1. The summed E-state index contributed by atoms with van der Waals surface area (Å²) in [5, 5.41) is 0. The van der Waals surface area contributed by atoms with Crippen molar-refractivity contribution in [3.8, 4) is 0 Å². The van der Waals surface area contributed by atoms with Crippen LogP contribution in [0.4, 0.5) is 11.9 Å². The van der Waals surface area contributed by atoms with Gasteiger partial charge in [0.25, 0.3) is 0 Å². The third kappa shape index (κ3) is 4.00. The number of hydrogen-bond acceptors (Lipinski definition) is 7. The molecule has 2 fully saturated rings. The van der Waals surface area contributed by atoms with Crippen LogP contribution >= 0.6 is 0 Å². The molecule has 1 saturated carbocycles. The Labute approximate surface area is 149 Å². The average molecular weight is 347 g/mol. The summed E-state index contributed by atoms with van der Waals surface area (Å²) in [5.41, 5.74) is 5.84. The fourth-order valence-corrected chi connectivity index (χ4v) is 3.71. The molecule has 1 aliphatic carbocycles. The Morgan fingerprint density at radius 3 is 2.36 bits per heavy atom. The van der Waals surface area contributed by atoms with Gasteiger partial charge < -0.3 is 15.5 Å². The normalized spacial score (nSPS) is 20.7. The van der Waals surface area contributed by atoms with Gasteiger partial charge in [-0.25, -0.2) is 0 Å². The second-order valence-electron chi connectivity index (χ2n) is 7.26. The first kappa shape index (κ1) is 17.8. The van der Waals surface area contributed by atoms with Gasteiger partial charge in [0.2, 0.25) is 17.8 Å². The van der Waals surface area contributed by atoms with Crippen molar-refractivity contribution in [3.63, 3.8) is 0 Å². The molecule has 1 atom stereocenters. The summed E-state index contributed by atoms with van der Waals surface area (Å²) in [6.07, 6.45) is 4.52. The molecule has 1 aromatic rings. The van der Waals surface area contributed by atoms with Crippen molar-refractivity contribution in [2.24, 2.45) is 5.92 Å². The van der Waals surface area contributed by atoms with Crippen molar-refractivity contribution in [2.75, 3.05) is 50.9 Å². The molecule has 0 spiro atoms. The molecule has 0 aromatic carbocycles. The lowest BCUT2D eigenvalue weighted by Crippen LogP contribution is -2.50. The zero-order valence-electron chi connectivity index (χ0n) is 15.5. The molecular formula is C17H29N7O. The lowest BCUT2D eigenvalue weighted by atomic mass is 10.1. The molecule has 3 rings (SSSR count). The van der Waals surface area contributed by atoms with Crippen molar-refractivity contribution in [1.82, 2.24) is 24.8 Å². The average Bonchev–Trinajstić information content (AvgIpc) is 3.14. The second-order valence-corrected chi connectivity index (χ2v) is 7.26. The van der Waals surface area contributed by atoms with Crippen LogP contribution < -0.4 is 10.6 Å². The number of amides is 1. The highest BCUT2D eigenvalue weighted by Crippen LogP contribution is 2.27. The topological polar surface area (TPSA) is 91.5 Å². The molecule has 1 amide bonds. The predicted octanol–water partition coefficient (Wildman–Crippen LogP) is 0.915. The molecule has 2 aliphatic rings. The molecule has 2 heterocycles. The van der Waals surface area contributed by atoms with Crippen LogP contribution in [0.1, 0.15) is 44.5 Å². The predicted molar refractivity (Wildman–Crippen MR) is 97.1 cm³/mol. The van der Waals surface area contributed by atoms with E-state index in [1.54, 1.807) is 0 Å². The van der Waals surface area contributed by atoms with Crippen LogP contribution in [-0.2, 0) is 4.79 Å². The minimum atomic E-state index is 0.0488. The molecular weight excluding hydrogens is 318 g/mol. The Kier molecular flexibility index (Phi) is 5.36. The largest absolute Gasteiger partial charge is 0.368 e. The molecule has 1 aromatic heterocycles. The SMILES string of the molecule is CC(c1nc(N)nc(N(C)C)n1)N1CCN(C(=O)C2CCCC2)CC1. The van der Waals surface area contributed by atoms with E-state index in [9.17, 15) is 4.79 Å². The first-order chi connectivity index (χ1) is 12.0. The van der Waals surface area contributed by atoms with Gasteiger partial charge in [0.15, 0.2) is 5.82 Å². The van der Waals surface area contributed by atoms with Gasteiger partial charge in [-0.05, 0) is 19.8 Å². The smallest absolute Gasteiger partial charge is 0.229 e. The summed E-state index contributed by atoms with van der Waals surface area (Å²) < 4.78 is 0. The zero-order chi connectivity index (χ0) is 18.0. The van der Waals surface area contributed by atoms with Gasteiger partial charge in [0.1, 0.15) is 0 Å². The number of piperazine rings is 1. The van der Waals surface area contributed by atoms with E-state index < -0.39 is 0 Å². The summed E-state index contributed by atoms with van der Waals surface area (Å²) in [6, 6.07) is 0.0488. The number of nitrogens with zero attached hydrogens (tertiary/aromatic N) is 6. The quantitative estimate of drug-likeness (QED) is 0.866. The van der Waals surface area contributed by atoms with Crippen LogP contribution in [0.5, 0.6) is 0 Å². The van der Waals surface area contributed by atoms with Gasteiger partial charge >= 0.3 is 0 Å². The minimum Gasteiger partial charge on any atom is -0.368 e. The molecule has 0 bridgehead atoms. The number of rotatable bonds is 4. The monoisotopic (exact) mass is 347 g/mol. The summed E-state index contributed by atoms with van der Waals surface area (Å²) in [6.45, 7) is 5.31. The van der Waals surface area contributed by atoms with Crippen LogP contribution in [-0.4, -0.2) is 70.9 Å². The molecule has 138 valence electrons. The van der Waals surface area contributed by atoms with Crippen molar-refractivity contribution < 1.29 is 4.79 Å². The fourth-order valence-electron chi connectivity index (χ4n) is 3.71. The van der Waals surface area contributed by atoms with Gasteiger partial charge in [0, 0.05) is 46.2 Å². The summed E-state index contributed by atoms with van der Waals surface area (Å²) in [5.74, 6) is 2.12. The van der Waals surface area contributed by atoms with Gasteiger partial charge in [-0.3, -0.25) is 9.69 Å². The maximum Gasteiger partial charge on any atom is 0.229 e. The Bertz CT molecular complexity index is 607. The van der Waals surface area contributed by atoms with E-state index in [1.165, 1.54) is 12.8 Å². The molecule has 25 heavy (non-hydrogen) atoms. The van der Waals surface area contributed by atoms with Crippen molar-refractivity contribution in [1.29, 1.82) is 0 Å². The third-order valence-electron chi connectivity index (χ3n) is 5.31. The highest BCUT2D eigenvalue weighted by Gasteiger charge is 2.31. The second kappa shape index (κ2) is 7.51. The van der Waals surface area contributed by atoms with E-state index in [-0.39, 0.29) is 17.9 Å². The van der Waals surface area contributed by atoms with E-state index in [4.69, 9.17) is 5.73 Å². The summed E-state index contributed by atoms with van der Waals surface area (Å²) in [7, 11) is 3.77. The van der Waals surface area contributed by atoms with Crippen molar-refractivity contribution >= 4 is 17.8 Å². The highest BCUT2D eigenvalue weighted by atomic mass is 16.2. The molecule has 1 aliphatic heterocycles. The standard InChI is InChI=1S/C17H29N7O/c1-12(14-19-16(18)21-17(20-14)22(2)3)23-8-10-24(11-9-23)15(25)13-6-4-5-7-13/h12-13H,4-11H2,1-3H3,(H2,18,19,20,21). The minimum absolute atomic E-state index is 0.0488. The van der Waals surface area contributed by atoms with Gasteiger partial charge in [-0.15, -0.1) is 0 Å². The fraction of sp³-hybridized carbons (Fsp3) is 0.765. The number of nitrogens with two attached hydrogens (primary N) is 1.